The quantitative estimate of drug-likeness (QED) is 0.506. The molecule has 2 aromatic heterocycles. The Morgan fingerprint density at radius 3 is 2.75 bits per heavy atom. The van der Waals surface area contributed by atoms with Crippen molar-refractivity contribution < 1.29 is 0 Å². The van der Waals surface area contributed by atoms with Gasteiger partial charge in [-0.15, -0.1) is 0 Å². The summed E-state index contributed by atoms with van der Waals surface area (Å²) in [4.78, 5) is 8.79. The van der Waals surface area contributed by atoms with Gasteiger partial charge >= 0.3 is 0 Å². The number of halogens is 1. The van der Waals surface area contributed by atoms with E-state index in [1.165, 1.54) is 0 Å². The molecule has 0 bridgehead atoms. The Kier molecular flexibility index (Phi) is 2.04. The zero-order valence-corrected chi connectivity index (χ0v) is 9.90. The first kappa shape index (κ1) is 9.54. The summed E-state index contributed by atoms with van der Waals surface area (Å²) in [5.74, 6) is 0. The second kappa shape index (κ2) is 3.42. The lowest BCUT2D eigenvalue weighted by atomic mass is 10.1. The minimum atomic E-state index is 0.641. The summed E-state index contributed by atoms with van der Waals surface area (Å²) in [6.45, 7) is 0. The predicted octanol–water partition coefficient (Wildman–Crippen LogP) is 3.13. The summed E-state index contributed by atoms with van der Waals surface area (Å²) in [5.41, 5.74) is 8.22. The molecule has 0 amide bonds. The van der Waals surface area contributed by atoms with Crippen molar-refractivity contribution in [3.63, 3.8) is 0 Å². The molecule has 0 fully saturated rings. The van der Waals surface area contributed by atoms with Gasteiger partial charge in [0.1, 0.15) is 4.60 Å². The molecule has 0 aliphatic rings. The van der Waals surface area contributed by atoms with Gasteiger partial charge in [0.15, 0.2) is 0 Å². The number of anilines is 1. The minimum absolute atomic E-state index is 0.641. The van der Waals surface area contributed by atoms with Crippen molar-refractivity contribution in [3.8, 4) is 0 Å². The van der Waals surface area contributed by atoms with Gasteiger partial charge in [-0.2, -0.15) is 0 Å². The Bertz CT molecular complexity index is 694. The standard InChI is InChI=1S/C12H8BrN3/c13-12-9(14)6-8-4-3-7-2-1-5-15-10(7)11(8)16-12/h1-6H,14H2. The lowest BCUT2D eigenvalue weighted by molar-refractivity contribution is 1.34. The number of nitrogens with two attached hydrogens (primary N) is 1. The zero-order chi connectivity index (χ0) is 11.1. The number of fused-ring (bicyclic) bond motifs is 3. The van der Waals surface area contributed by atoms with Gasteiger partial charge < -0.3 is 5.73 Å². The molecule has 0 unspecified atom stereocenters. The molecular weight excluding hydrogens is 266 g/mol. The molecule has 0 spiro atoms. The van der Waals surface area contributed by atoms with Crippen LogP contribution in [-0.4, -0.2) is 9.97 Å². The topological polar surface area (TPSA) is 51.8 Å². The van der Waals surface area contributed by atoms with Gasteiger partial charge in [-0.1, -0.05) is 18.2 Å². The van der Waals surface area contributed by atoms with Gasteiger partial charge in [-0.05, 0) is 28.1 Å². The molecule has 3 rings (SSSR count). The van der Waals surface area contributed by atoms with Crippen LogP contribution in [0.1, 0.15) is 0 Å². The molecule has 0 radical (unpaired) electrons. The fourth-order valence-electron chi connectivity index (χ4n) is 1.77. The zero-order valence-electron chi connectivity index (χ0n) is 8.31. The van der Waals surface area contributed by atoms with Crippen LogP contribution in [0.2, 0.25) is 0 Å². The van der Waals surface area contributed by atoms with Crippen LogP contribution >= 0.6 is 15.9 Å². The molecule has 4 heteroatoms. The number of benzene rings is 1. The highest BCUT2D eigenvalue weighted by molar-refractivity contribution is 9.10. The first-order valence-corrected chi connectivity index (χ1v) is 5.64. The second-order valence-electron chi connectivity index (χ2n) is 3.58. The first-order valence-electron chi connectivity index (χ1n) is 4.85. The summed E-state index contributed by atoms with van der Waals surface area (Å²) in [6.07, 6.45) is 1.77. The fourth-order valence-corrected chi connectivity index (χ4v) is 2.06. The molecule has 0 saturated heterocycles. The van der Waals surface area contributed by atoms with Crippen molar-refractivity contribution in [2.45, 2.75) is 0 Å². The van der Waals surface area contributed by atoms with Gasteiger partial charge in [-0.3, -0.25) is 4.98 Å². The maximum atomic E-state index is 5.80. The van der Waals surface area contributed by atoms with E-state index < -0.39 is 0 Å². The van der Waals surface area contributed by atoms with Crippen LogP contribution in [0.25, 0.3) is 21.8 Å². The van der Waals surface area contributed by atoms with Crippen LogP contribution in [0.5, 0.6) is 0 Å². The molecule has 2 heterocycles. The van der Waals surface area contributed by atoms with E-state index in [4.69, 9.17) is 5.73 Å². The third kappa shape index (κ3) is 1.34. The normalized spacial score (nSPS) is 11.1. The Labute approximate surface area is 100 Å². The summed E-state index contributed by atoms with van der Waals surface area (Å²) in [5, 5.41) is 2.09. The van der Waals surface area contributed by atoms with Crippen molar-refractivity contribution in [1.82, 2.24) is 9.97 Å². The molecular formula is C12H8BrN3. The summed E-state index contributed by atoms with van der Waals surface area (Å²) in [7, 11) is 0. The SMILES string of the molecule is Nc1cc2ccc3cccnc3c2nc1Br. The van der Waals surface area contributed by atoms with Crippen LogP contribution < -0.4 is 5.73 Å². The van der Waals surface area contributed by atoms with Crippen LogP contribution in [0.3, 0.4) is 0 Å². The van der Waals surface area contributed by atoms with Crippen LogP contribution in [0, 0.1) is 0 Å². The minimum Gasteiger partial charge on any atom is -0.397 e. The highest BCUT2D eigenvalue weighted by atomic mass is 79.9. The Balaban J connectivity index is 2.55. The van der Waals surface area contributed by atoms with E-state index >= 15 is 0 Å². The molecule has 0 atom stereocenters. The maximum absolute atomic E-state index is 5.80. The lowest BCUT2D eigenvalue weighted by Crippen LogP contribution is -1.91. The largest absolute Gasteiger partial charge is 0.397 e. The van der Waals surface area contributed by atoms with Crippen molar-refractivity contribution in [3.05, 3.63) is 41.1 Å². The van der Waals surface area contributed by atoms with E-state index in [2.05, 4.69) is 25.9 Å². The van der Waals surface area contributed by atoms with Gasteiger partial charge in [0.2, 0.25) is 0 Å². The van der Waals surface area contributed by atoms with Crippen LogP contribution in [0.15, 0.2) is 41.1 Å². The molecule has 0 aliphatic carbocycles. The van der Waals surface area contributed by atoms with Crippen molar-refractivity contribution in [2.75, 3.05) is 5.73 Å². The number of rotatable bonds is 0. The molecule has 0 saturated carbocycles. The van der Waals surface area contributed by atoms with Gasteiger partial charge in [0.25, 0.3) is 0 Å². The predicted molar refractivity (Wildman–Crippen MR) is 69.2 cm³/mol. The molecule has 16 heavy (non-hydrogen) atoms. The number of hydrogen-bond acceptors (Lipinski definition) is 3. The van der Waals surface area contributed by atoms with Gasteiger partial charge in [-0.25, -0.2) is 4.98 Å². The smallest absolute Gasteiger partial charge is 0.129 e. The van der Waals surface area contributed by atoms with E-state index in [0.29, 0.717) is 10.3 Å². The van der Waals surface area contributed by atoms with E-state index in [1.54, 1.807) is 6.20 Å². The average molecular weight is 274 g/mol. The van der Waals surface area contributed by atoms with E-state index in [9.17, 15) is 0 Å². The van der Waals surface area contributed by atoms with Crippen molar-refractivity contribution >= 4 is 43.4 Å². The number of hydrogen-bond donors (Lipinski definition) is 1. The van der Waals surface area contributed by atoms with Crippen LogP contribution in [-0.2, 0) is 0 Å². The molecule has 3 aromatic rings. The number of aromatic nitrogens is 2. The molecule has 78 valence electrons. The highest BCUT2D eigenvalue weighted by Crippen LogP contribution is 2.27. The molecule has 3 nitrogen and oxygen atoms in total. The third-order valence-electron chi connectivity index (χ3n) is 2.54. The Hall–Kier alpha value is -1.68. The average Bonchev–Trinajstić information content (AvgIpc) is 2.31. The Morgan fingerprint density at radius 2 is 1.88 bits per heavy atom. The number of pyridine rings is 2. The second-order valence-corrected chi connectivity index (χ2v) is 4.33. The monoisotopic (exact) mass is 273 g/mol. The summed E-state index contributed by atoms with van der Waals surface area (Å²) < 4.78 is 0.665. The number of nitrogen functional groups attached to an aromatic ring is 1. The van der Waals surface area contributed by atoms with Crippen molar-refractivity contribution in [2.24, 2.45) is 0 Å². The van der Waals surface area contributed by atoms with E-state index in [0.717, 1.165) is 21.8 Å². The number of nitrogens with zero attached hydrogens (tertiary/aromatic N) is 2. The van der Waals surface area contributed by atoms with Gasteiger partial charge in [0.05, 0.1) is 16.7 Å². The summed E-state index contributed by atoms with van der Waals surface area (Å²) in [6, 6.07) is 9.88. The molecule has 0 aliphatic heterocycles. The van der Waals surface area contributed by atoms with Gasteiger partial charge in [0, 0.05) is 17.0 Å². The summed E-state index contributed by atoms with van der Waals surface area (Å²) >= 11 is 3.34. The van der Waals surface area contributed by atoms with Crippen LogP contribution in [0.4, 0.5) is 5.69 Å². The maximum Gasteiger partial charge on any atom is 0.129 e. The first-order chi connectivity index (χ1) is 7.75. The highest BCUT2D eigenvalue weighted by Gasteiger charge is 2.05. The lowest BCUT2D eigenvalue weighted by Gasteiger charge is -2.04. The Morgan fingerprint density at radius 1 is 1.06 bits per heavy atom. The fraction of sp³-hybridized carbons (Fsp3) is 0. The third-order valence-corrected chi connectivity index (χ3v) is 3.17. The van der Waals surface area contributed by atoms with E-state index in [-0.39, 0.29) is 0 Å². The molecule has 1 aromatic carbocycles. The van der Waals surface area contributed by atoms with Crippen molar-refractivity contribution in [1.29, 1.82) is 0 Å². The van der Waals surface area contributed by atoms with E-state index in [1.807, 2.05) is 30.3 Å². The molecule has 2 N–H and O–H groups in total.